The van der Waals surface area contributed by atoms with Gasteiger partial charge in [-0.05, 0) is 36.8 Å². The summed E-state index contributed by atoms with van der Waals surface area (Å²) in [5.74, 6) is -0.391. The van der Waals surface area contributed by atoms with Crippen LogP contribution in [0.5, 0.6) is 5.06 Å². The quantitative estimate of drug-likeness (QED) is 0.550. The Balaban J connectivity index is 1.97. The predicted molar refractivity (Wildman–Crippen MR) is 88.5 cm³/mol. The second kappa shape index (κ2) is 7.43. The Morgan fingerprint density at radius 2 is 2.14 bits per heavy atom. The Hall–Kier alpha value is -1.59. The monoisotopic (exact) mass is 366 g/mol. The fourth-order valence-electron chi connectivity index (χ4n) is 1.66. The molecule has 0 aliphatic carbocycles. The lowest BCUT2D eigenvalue weighted by Crippen LogP contribution is -2.04. The van der Waals surface area contributed by atoms with Gasteiger partial charge in [-0.1, -0.05) is 46.0 Å². The van der Waals surface area contributed by atoms with Crippen molar-refractivity contribution in [2.45, 2.75) is 13.5 Å². The normalized spacial score (nSPS) is 10.2. The van der Waals surface area contributed by atoms with Crippen molar-refractivity contribution >= 4 is 38.8 Å². The van der Waals surface area contributed by atoms with Crippen molar-refractivity contribution in [1.82, 2.24) is 0 Å². The number of thiophene rings is 1. The Morgan fingerprint density at radius 3 is 2.86 bits per heavy atom. The standard InChI is InChI=1S/C16H15BrO3S/c1-3-19-16(18)11(2)14-7-8-15(21-14)20-10-12-5-4-6-13(17)9-12/h4-9H,2-3,10H2,1H3. The van der Waals surface area contributed by atoms with E-state index in [0.29, 0.717) is 18.8 Å². The van der Waals surface area contributed by atoms with Crippen molar-refractivity contribution in [2.75, 3.05) is 6.61 Å². The Kier molecular flexibility index (Phi) is 5.59. The maximum atomic E-state index is 11.6. The fourth-order valence-corrected chi connectivity index (χ4v) is 2.92. The summed E-state index contributed by atoms with van der Waals surface area (Å²) in [6.45, 7) is 6.35. The van der Waals surface area contributed by atoms with E-state index in [2.05, 4.69) is 22.5 Å². The van der Waals surface area contributed by atoms with Gasteiger partial charge in [-0.25, -0.2) is 4.79 Å². The van der Waals surface area contributed by atoms with Gasteiger partial charge in [0.2, 0.25) is 0 Å². The molecule has 5 heteroatoms. The van der Waals surface area contributed by atoms with Gasteiger partial charge in [0, 0.05) is 9.35 Å². The van der Waals surface area contributed by atoms with E-state index in [1.54, 1.807) is 6.92 Å². The molecule has 1 heterocycles. The molecule has 110 valence electrons. The van der Waals surface area contributed by atoms with Crippen molar-refractivity contribution in [3.63, 3.8) is 0 Å². The second-order valence-electron chi connectivity index (χ2n) is 4.24. The molecular formula is C16H15BrO3S. The summed E-state index contributed by atoms with van der Waals surface area (Å²) in [4.78, 5) is 12.4. The third-order valence-corrected chi connectivity index (χ3v) is 4.22. The van der Waals surface area contributed by atoms with Crippen LogP contribution in [0.2, 0.25) is 0 Å². The molecule has 1 aromatic carbocycles. The molecular weight excluding hydrogens is 352 g/mol. The van der Waals surface area contributed by atoms with Crippen LogP contribution in [0, 0.1) is 0 Å². The molecule has 0 bridgehead atoms. The highest BCUT2D eigenvalue weighted by molar-refractivity contribution is 9.10. The van der Waals surface area contributed by atoms with Crippen molar-refractivity contribution in [3.8, 4) is 5.06 Å². The first kappa shape index (κ1) is 15.8. The zero-order valence-corrected chi connectivity index (χ0v) is 14.0. The number of ether oxygens (including phenoxy) is 2. The zero-order chi connectivity index (χ0) is 15.2. The van der Waals surface area contributed by atoms with Gasteiger partial charge in [0.15, 0.2) is 5.06 Å². The van der Waals surface area contributed by atoms with Crippen molar-refractivity contribution < 1.29 is 14.3 Å². The van der Waals surface area contributed by atoms with Crippen molar-refractivity contribution in [2.24, 2.45) is 0 Å². The topological polar surface area (TPSA) is 35.5 Å². The lowest BCUT2D eigenvalue weighted by molar-refractivity contribution is -0.136. The molecule has 2 rings (SSSR count). The van der Waals surface area contributed by atoms with Crippen LogP contribution >= 0.6 is 27.3 Å². The number of hydrogen-bond donors (Lipinski definition) is 0. The van der Waals surface area contributed by atoms with Crippen molar-refractivity contribution in [1.29, 1.82) is 0 Å². The Morgan fingerprint density at radius 1 is 1.33 bits per heavy atom. The molecule has 0 N–H and O–H groups in total. The number of carbonyl (C=O) groups excluding carboxylic acids is 1. The van der Waals surface area contributed by atoms with Gasteiger partial charge >= 0.3 is 5.97 Å². The SMILES string of the molecule is C=C(C(=O)OCC)c1ccc(OCc2cccc(Br)c2)s1. The molecule has 21 heavy (non-hydrogen) atoms. The number of carbonyl (C=O) groups is 1. The van der Waals surface area contributed by atoms with Gasteiger partial charge in [-0.2, -0.15) is 0 Å². The van der Waals surface area contributed by atoms with Gasteiger partial charge in [-0.15, -0.1) is 0 Å². The van der Waals surface area contributed by atoms with Gasteiger partial charge in [-0.3, -0.25) is 0 Å². The fraction of sp³-hybridized carbons (Fsp3) is 0.188. The molecule has 3 nitrogen and oxygen atoms in total. The summed E-state index contributed by atoms with van der Waals surface area (Å²) < 4.78 is 11.7. The Labute approximate surface area is 136 Å². The van der Waals surface area contributed by atoms with Crippen molar-refractivity contribution in [3.05, 3.63) is 57.9 Å². The van der Waals surface area contributed by atoms with E-state index in [-0.39, 0.29) is 0 Å². The summed E-state index contributed by atoms with van der Waals surface area (Å²) >= 11 is 4.81. The summed E-state index contributed by atoms with van der Waals surface area (Å²) in [5.41, 5.74) is 1.43. The third-order valence-electron chi connectivity index (χ3n) is 2.67. The van der Waals surface area contributed by atoms with E-state index in [0.717, 1.165) is 20.0 Å². The van der Waals surface area contributed by atoms with Crippen LogP contribution in [0.25, 0.3) is 5.57 Å². The van der Waals surface area contributed by atoms with Crippen LogP contribution < -0.4 is 4.74 Å². The van der Waals surface area contributed by atoms with Crippen LogP contribution in [0.4, 0.5) is 0 Å². The van der Waals surface area contributed by atoms with Gasteiger partial charge < -0.3 is 9.47 Å². The van der Waals surface area contributed by atoms with E-state index >= 15 is 0 Å². The zero-order valence-electron chi connectivity index (χ0n) is 11.6. The average molecular weight is 367 g/mol. The Bertz CT molecular complexity index is 648. The average Bonchev–Trinajstić information content (AvgIpc) is 2.93. The molecule has 0 atom stereocenters. The van der Waals surface area contributed by atoms with Gasteiger partial charge in [0.1, 0.15) is 6.61 Å². The third kappa shape index (κ3) is 4.44. The molecule has 0 spiro atoms. The molecule has 1 aromatic heterocycles. The maximum absolute atomic E-state index is 11.6. The predicted octanol–water partition coefficient (Wildman–Crippen LogP) is 4.67. The molecule has 0 aliphatic heterocycles. The molecule has 0 amide bonds. The molecule has 0 aliphatic rings. The minimum absolute atomic E-state index is 0.343. The first-order valence-electron chi connectivity index (χ1n) is 6.43. The lowest BCUT2D eigenvalue weighted by Gasteiger charge is -2.04. The summed E-state index contributed by atoms with van der Waals surface area (Å²) in [6, 6.07) is 11.6. The van der Waals surface area contributed by atoms with E-state index in [9.17, 15) is 4.79 Å². The van der Waals surface area contributed by atoms with Crippen LogP contribution in [0.15, 0.2) is 47.4 Å². The molecule has 0 unspecified atom stereocenters. The van der Waals surface area contributed by atoms with E-state index in [4.69, 9.17) is 9.47 Å². The molecule has 0 saturated carbocycles. The number of esters is 1. The van der Waals surface area contributed by atoms with Crippen LogP contribution in [-0.4, -0.2) is 12.6 Å². The van der Waals surface area contributed by atoms with Gasteiger partial charge in [0.25, 0.3) is 0 Å². The largest absolute Gasteiger partial charge is 0.479 e. The summed E-state index contributed by atoms with van der Waals surface area (Å²) in [6.07, 6.45) is 0. The van der Waals surface area contributed by atoms with E-state index < -0.39 is 5.97 Å². The molecule has 2 aromatic rings. The van der Waals surface area contributed by atoms with E-state index in [1.807, 2.05) is 36.4 Å². The number of benzene rings is 1. The minimum atomic E-state index is -0.391. The first-order chi connectivity index (χ1) is 10.1. The lowest BCUT2D eigenvalue weighted by atomic mass is 10.2. The highest BCUT2D eigenvalue weighted by atomic mass is 79.9. The molecule has 0 saturated heterocycles. The molecule has 0 fully saturated rings. The van der Waals surface area contributed by atoms with Gasteiger partial charge in [0.05, 0.1) is 12.2 Å². The molecule has 0 radical (unpaired) electrons. The van der Waals surface area contributed by atoms with Crippen LogP contribution in [0.3, 0.4) is 0 Å². The highest BCUT2D eigenvalue weighted by Crippen LogP contribution is 2.30. The maximum Gasteiger partial charge on any atom is 0.338 e. The highest BCUT2D eigenvalue weighted by Gasteiger charge is 2.13. The smallest absolute Gasteiger partial charge is 0.338 e. The van der Waals surface area contributed by atoms with Crippen LogP contribution in [-0.2, 0) is 16.1 Å². The number of hydrogen-bond acceptors (Lipinski definition) is 4. The minimum Gasteiger partial charge on any atom is -0.479 e. The second-order valence-corrected chi connectivity index (χ2v) is 6.20. The summed E-state index contributed by atoms with van der Waals surface area (Å²) in [7, 11) is 0. The van der Waals surface area contributed by atoms with Crippen LogP contribution in [0.1, 0.15) is 17.4 Å². The summed E-state index contributed by atoms with van der Waals surface area (Å²) in [5, 5.41) is 0.746. The van der Waals surface area contributed by atoms with E-state index in [1.165, 1.54) is 11.3 Å². The first-order valence-corrected chi connectivity index (χ1v) is 8.04. The number of halogens is 1. The number of rotatable bonds is 6.